The van der Waals surface area contributed by atoms with E-state index >= 15 is 0 Å². The Morgan fingerprint density at radius 1 is 0.862 bits per heavy atom. The number of hydrogen-bond acceptors (Lipinski definition) is 4. The van der Waals surface area contributed by atoms with E-state index < -0.39 is 10.1 Å². The van der Waals surface area contributed by atoms with E-state index in [1.54, 1.807) is 31.4 Å². The van der Waals surface area contributed by atoms with Gasteiger partial charge in [0.2, 0.25) is 0 Å². The minimum Gasteiger partial charge on any atom is -0.497 e. The molecule has 0 saturated heterocycles. The summed E-state index contributed by atoms with van der Waals surface area (Å²) in [6.45, 7) is 1.94. The zero-order valence-electron chi connectivity index (χ0n) is 16.3. The van der Waals surface area contributed by atoms with Crippen LogP contribution < -0.4 is 4.74 Å². The first-order valence-corrected chi connectivity index (χ1v) is 10.8. The molecule has 29 heavy (non-hydrogen) atoms. The number of rotatable bonds is 5. The molecule has 1 aliphatic carbocycles. The minimum atomic E-state index is -3.85. The highest BCUT2D eigenvalue weighted by Crippen LogP contribution is 2.36. The van der Waals surface area contributed by atoms with Gasteiger partial charge in [-0.2, -0.15) is 8.42 Å². The Morgan fingerprint density at radius 3 is 2.31 bits per heavy atom. The normalized spacial score (nSPS) is 15.3. The second-order valence-electron chi connectivity index (χ2n) is 7.06. The quantitative estimate of drug-likeness (QED) is 0.558. The van der Waals surface area contributed by atoms with Crippen LogP contribution in [-0.2, 0) is 14.3 Å². The molecule has 0 bridgehead atoms. The maximum absolute atomic E-state index is 12.7. The first-order valence-electron chi connectivity index (χ1n) is 9.39. The molecule has 0 amide bonds. The molecule has 0 heterocycles. The van der Waals surface area contributed by atoms with E-state index in [1.165, 1.54) is 0 Å². The van der Waals surface area contributed by atoms with Gasteiger partial charge in [-0.25, -0.2) is 0 Å². The molecule has 3 aromatic rings. The molecule has 4 nitrogen and oxygen atoms in total. The number of benzene rings is 3. The summed E-state index contributed by atoms with van der Waals surface area (Å²) in [4.78, 5) is 0.165. The Hall–Kier alpha value is -2.89. The van der Waals surface area contributed by atoms with Gasteiger partial charge in [-0.05, 0) is 53.4 Å². The molecule has 0 N–H and O–H groups in total. The van der Waals surface area contributed by atoms with Crippen LogP contribution >= 0.6 is 0 Å². The second kappa shape index (κ2) is 7.85. The largest absolute Gasteiger partial charge is 0.497 e. The Balaban J connectivity index is 1.71. The van der Waals surface area contributed by atoms with Crippen LogP contribution in [0.1, 0.15) is 33.7 Å². The first kappa shape index (κ1) is 19.4. The maximum atomic E-state index is 12.7. The molecule has 1 atom stereocenters. The van der Waals surface area contributed by atoms with Crippen molar-refractivity contribution < 1.29 is 17.3 Å². The van der Waals surface area contributed by atoms with Crippen LogP contribution in [0.4, 0.5) is 0 Å². The van der Waals surface area contributed by atoms with Crippen molar-refractivity contribution in [2.75, 3.05) is 13.7 Å². The monoisotopic (exact) mass is 406 g/mol. The Labute approximate surface area is 171 Å². The average Bonchev–Trinajstić information content (AvgIpc) is 2.89. The highest BCUT2D eigenvalue weighted by Gasteiger charge is 2.25. The van der Waals surface area contributed by atoms with E-state index in [1.807, 2.05) is 61.5 Å². The molecule has 4 rings (SSSR count). The van der Waals surface area contributed by atoms with Gasteiger partial charge in [0.1, 0.15) is 5.75 Å². The summed E-state index contributed by atoms with van der Waals surface area (Å²) in [5.41, 5.74) is 5.07. The predicted molar refractivity (Wildman–Crippen MR) is 115 cm³/mol. The maximum Gasteiger partial charge on any atom is 0.297 e. The third-order valence-corrected chi connectivity index (χ3v) is 6.48. The third kappa shape index (κ3) is 3.97. The van der Waals surface area contributed by atoms with E-state index in [9.17, 15) is 8.42 Å². The van der Waals surface area contributed by atoms with Crippen molar-refractivity contribution in [2.45, 2.75) is 17.7 Å². The van der Waals surface area contributed by atoms with Crippen LogP contribution in [0.2, 0.25) is 0 Å². The zero-order chi connectivity index (χ0) is 20.4. The molecule has 148 valence electrons. The van der Waals surface area contributed by atoms with Crippen LogP contribution in [-0.4, -0.2) is 22.1 Å². The second-order valence-corrected chi connectivity index (χ2v) is 8.68. The van der Waals surface area contributed by atoms with Crippen LogP contribution in [0.5, 0.6) is 5.75 Å². The number of ether oxygens (including phenoxy) is 1. The average molecular weight is 407 g/mol. The van der Waals surface area contributed by atoms with Crippen LogP contribution in [0.3, 0.4) is 0 Å². The van der Waals surface area contributed by atoms with Gasteiger partial charge < -0.3 is 4.74 Å². The number of aryl methyl sites for hydroxylation is 1. The molecule has 3 aromatic carbocycles. The zero-order valence-corrected chi connectivity index (χ0v) is 17.1. The highest BCUT2D eigenvalue weighted by molar-refractivity contribution is 7.86. The molecule has 0 spiro atoms. The van der Waals surface area contributed by atoms with Crippen LogP contribution in [0.15, 0.2) is 71.6 Å². The van der Waals surface area contributed by atoms with Crippen LogP contribution in [0.25, 0.3) is 12.2 Å². The summed E-state index contributed by atoms with van der Waals surface area (Å²) in [7, 11) is -2.22. The van der Waals surface area contributed by atoms with Gasteiger partial charge in [0.25, 0.3) is 10.1 Å². The molecule has 1 unspecified atom stereocenters. The predicted octanol–water partition coefficient (Wildman–Crippen LogP) is 5.02. The van der Waals surface area contributed by atoms with E-state index in [4.69, 9.17) is 8.92 Å². The molecule has 0 fully saturated rings. The molecule has 1 aliphatic rings. The molecule has 0 saturated carbocycles. The molecular weight excluding hydrogens is 384 g/mol. The van der Waals surface area contributed by atoms with Gasteiger partial charge in [0, 0.05) is 5.92 Å². The summed E-state index contributed by atoms with van der Waals surface area (Å²) in [5.74, 6) is 0.536. The van der Waals surface area contributed by atoms with Crippen LogP contribution in [0, 0.1) is 6.92 Å². The van der Waals surface area contributed by atoms with Crippen molar-refractivity contribution in [1.29, 1.82) is 0 Å². The Bertz CT molecular complexity index is 1160. The van der Waals surface area contributed by atoms with E-state index in [-0.39, 0.29) is 17.4 Å². The first-order chi connectivity index (χ1) is 14.0. The molecule has 0 radical (unpaired) electrons. The van der Waals surface area contributed by atoms with Gasteiger partial charge in [0.05, 0.1) is 18.6 Å². The minimum absolute atomic E-state index is 0.0221. The highest BCUT2D eigenvalue weighted by atomic mass is 32.2. The van der Waals surface area contributed by atoms with Crippen molar-refractivity contribution in [2.24, 2.45) is 0 Å². The van der Waals surface area contributed by atoms with Crippen molar-refractivity contribution in [3.8, 4) is 5.75 Å². The number of methoxy groups -OCH3 is 1. The molecule has 0 aliphatic heterocycles. The van der Waals surface area contributed by atoms with Gasteiger partial charge in [-0.15, -0.1) is 0 Å². The van der Waals surface area contributed by atoms with E-state index in [0.717, 1.165) is 33.6 Å². The summed E-state index contributed by atoms with van der Waals surface area (Å²) >= 11 is 0. The molecule has 0 aromatic heterocycles. The Morgan fingerprint density at radius 2 is 1.55 bits per heavy atom. The topological polar surface area (TPSA) is 52.6 Å². The van der Waals surface area contributed by atoms with Gasteiger partial charge in [-0.3, -0.25) is 4.18 Å². The van der Waals surface area contributed by atoms with E-state index in [2.05, 4.69) is 0 Å². The molecule has 5 heteroatoms. The van der Waals surface area contributed by atoms with Crippen molar-refractivity contribution in [1.82, 2.24) is 0 Å². The summed E-state index contributed by atoms with van der Waals surface area (Å²) in [5, 5.41) is 0. The lowest BCUT2D eigenvalue weighted by molar-refractivity contribution is 0.305. The number of hydrogen-bond donors (Lipinski definition) is 0. The molecular formula is C24H22O4S. The fraction of sp³-hybridized carbons (Fsp3) is 0.167. The van der Waals surface area contributed by atoms with Crippen molar-refractivity contribution in [3.05, 3.63) is 94.5 Å². The lowest BCUT2D eigenvalue weighted by Gasteiger charge is -2.20. The standard InChI is InChI=1S/C24H22O4S/c1-17-7-12-21(13-8-17)29(25,26)28-16-24-22-6-4-3-5-18(22)9-10-19-15-20(27-2)11-14-23(19)24/h3-15,24H,16H2,1-2H3. The van der Waals surface area contributed by atoms with E-state index in [0.29, 0.717) is 0 Å². The van der Waals surface area contributed by atoms with Gasteiger partial charge in [0.15, 0.2) is 0 Å². The summed E-state index contributed by atoms with van der Waals surface area (Å²) in [6.07, 6.45) is 4.08. The fourth-order valence-corrected chi connectivity index (χ4v) is 4.50. The lowest BCUT2D eigenvalue weighted by atomic mass is 9.88. The fourth-order valence-electron chi connectivity index (χ4n) is 3.58. The van der Waals surface area contributed by atoms with Crippen molar-refractivity contribution >= 4 is 22.3 Å². The third-order valence-electron chi connectivity index (χ3n) is 5.18. The van der Waals surface area contributed by atoms with Gasteiger partial charge >= 0.3 is 0 Å². The smallest absolute Gasteiger partial charge is 0.297 e. The van der Waals surface area contributed by atoms with Gasteiger partial charge in [-0.1, -0.05) is 60.2 Å². The summed E-state index contributed by atoms with van der Waals surface area (Å²) < 4.78 is 36.4. The van der Waals surface area contributed by atoms with Crippen molar-refractivity contribution in [3.63, 3.8) is 0 Å². The summed E-state index contributed by atoms with van der Waals surface area (Å²) in [6, 6.07) is 20.5. The number of fused-ring (bicyclic) bond motifs is 2. The lowest BCUT2D eigenvalue weighted by Crippen LogP contribution is -2.16. The Kier molecular flexibility index (Phi) is 5.26. The SMILES string of the molecule is COc1ccc2c(c1)C=Cc1ccccc1C2COS(=O)(=O)c1ccc(C)cc1.